The number of phenolic OH excluding ortho intramolecular Hbond substituents is 1. The van der Waals surface area contributed by atoms with Crippen LogP contribution >= 0.6 is 0 Å². The number of aromatic hydroxyl groups is 1. The number of aromatic nitrogens is 1. The van der Waals surface area contributed by atoms with E-state index in [1.165, 1.54) is 12.3 Å². The van der Waals surface area contributed by atoms with E-state index in [1.807, 2.05) is 30.3 Å². The molecule has 1 aromatic heterocycles. The Labute approximate surface area is 230 Å². The SMILES string of the molecule is Oc1ccc(OC(F)(F)F)cc1CNc1cccc(-c2c(Cc3ccccc3)cnc3c(C(F)(F)F)cccc23)c1. The van der Waals surface area contributed by atoms with Crippen molar-refractivity contribution in [3.05, 3.63) is 119 Å². The first kappa shape index (κ1) is 27.8. The fourth-order valence-electron chi connectivity index (χ4n) is 4.67. The lowest BCUT2D eigenvalue weighted by Crippen LogP contribution is -2.17. The highest BCUT2D eigenvalue weighted by Gasteiger charge is 2.34. The largest absolute Gasteiger partial charge is 0.573 e. The number of rotatable bonds is 7. The van der Waals surface area contributed by atoms with Crippen molar-refractivity contribution in [2.75, 3.05) is 5.32 Å². The molecule has 0 bridgehead atoms. The molecule has 0 spiro atoms. The van der Waals surface area contributed by atoms with Crippen molar-refractivity contribution in [3.63, 3.8) is 0 Å². The Balaban J connectivity index is 1.54. The summed E-state index contributed by atoms with van der Waals surface area (Å²) in [5, 5.41) is 13.6. The van der Waals surface area contributed by atoms with Crippen LogP contribution in [0.5, 0.6) is 11.5 Å². The first-order valence-electron chi connectivity index (χ1n) is 12.4. The van der Waals surface area contributed by atoms with E-state index in [1.54, 1.807) is 30.3 Å². The highest BCUT2D eigenvalue weighted by molar-refractivity contribution is 5.98. The van der Waals surface area contributed by atoms with Gasteiger partial charge in [-0.15, -0.1) is 13.2 Å². The summed E-state index contributed by atoms with van der Waals surface area (Å²) >= 11 is 0. The van der Waals surface area contributed by atoms with Gasteiger partial charge in [0.05, 0.1) is 11.1 Å². The number of halogens is 6. The lowest BCUT2D eigenvalue weighted by molar-refractivity contribution is -0.274. The molecule has 0 amide bonds. The van der Waals surface area contributed by atoms with Gasteiger partial charge >= 0.3 is 12.5 Å². The zero-order chi connectivity index (χ0) is 29.2. The highest BCUT2D eigenvalue weighted by Crippen LogP contribution is 2.39. The Hall–Kier alpha value is -4.73. The number of para-hydroxylation sites is 1. The first-order chi connectivity index (χ1) is 19.5. The quantitative estimate of drug-likeness (QED) is 0.193. The average molecular weight is 569 g/mol. The predicted octanol–water partition coefficient (Wildman–Crippen LogP) is 8.73. The van der Waals surface area contributed by atoms with E-state index in [4.69, 9.17) is 0 Å². The van der Waals surface area contributed by atoms with Crippen LogP contribution in [-0.4, -0.2) is 16.5 Å². The second-order valence-electron chi connectivity index (χ2n) is 9.29. The van der Waals surface area contributed by atoms with E-state index in [0.29, 0.717) is 28.6 Å². The third-order valence-corrected chi connectivity index (χ3v) is 6.44. The Morgan fingerprint density at radius 3 is 2.27 bits per heavy atom. The minimum absolute atomic E-state index is 0.0451. The molecule has 0 fully saturated rings. The topological polar surface area (TPSA) is 54.4 Å². The molecule has 0 unspecified atom stereocenters. The summed E-state index contributed by atoms with van der Waals surface area (Å²) in [7, 11) is 0. The fraction of sp³-hybridized carbons (Fsp3) is 0.129. The minimum atomic E-state index is -4.88. The lowest BCUT2D eigenvalue weighted by atomic mass is 9.91. The molecule has 41 heavy (non-hydrogen) atoms. The Morgan fingerprint density at radius 2 is 1.54 bits per heavy atom. The van der Waals surface area contributed by atoms with E-state index in [9.17, 15) is 31.4 Å². The van der Waals surface area contributed by atoms with Gasteiger partial charge in [-0.05, 0) is 65.1 Å². The lowest BCUT2D eigenvalue weighted by Gasteiger charge is -2.17. The molecule has 10 heteroatoms. The number of benzene rings is 4. The molecule has 1 heterocycles. The second-order valence-corrected chi connectivity index (χ2v) is 9.29. The van der Waals surface area contributed by atoms with Crippen molar-refractivity contribution in [3.8, 4) is 22.6 Å². The van der Waals surface area contributed by atoms with Gasteiger partial charge in [-0.25, -0.2) is 0 Å². The fourth-order valence-corrected chi connectivity index (χ4v) is 4.67. The minimum Gasteiger partial charge on any atom is -0.508 e. The van der Waals surface area contributed by atoms with Crippen LogP contribution in [0.15, 0.2) is 97.2 Å². The first-order valence-corrected chi connectivity index (χ1v) is 12.4. The maximum absolute atomic E-state index is 13.8. The van der Waals surface area contributed by atoms with E-state index in [2.05, 4.69) is 15.0 Å². The van der Waals surface area contributed by atoms with Gasteiger partial charge in [0, 0.05) is 29.4 Å². The van der Waals surface area contributed by atoms with Gasteiger partial charge in [0.2, 0.25) is 0 Å². The molecule has 5 rings (SSSR count). The van der Waals surface area contributed by atoms with Gasteiger partial charge < -0.3 is 15.2 Å². The van der Waals surface area contributed by atoms with Crippen LogP contribution in [0, 0.1) is 0 Å². The van der Waals surface area contributed by atoms with E-state index >= 15 is 0 Å². The summed E-state index contributed by atoms with van der Waals surface area (Å²) in [5.74, 6) is -0.705. The van der Waals surface area contributed by atoms with E-state index < -0.39 is 23.9 Å². The molecule has 0 aliphatic heterocycles. The zero-order valence-corrected chi connectivity index (χ0v) is 21.2. The maximum Gasteiger partial charge on any atom is 0.573 e. The van der Waals surface area contributed by atoms with Gasteiger partial charge in [-0.3, -0.25) is 4.98 Å². The molecular formula is C31H22F6N2O2. The normalized spacial score (nSPS) is 12.0. The standard InChI is InChI=1S/C31H22F6N2O2/c32-30(33,34)26-11-5-10-25-28(22(18-39-29(25)26)14-19-6-2-1-3-7-19)20-8-4-9-23(15-20)38-17-21-16-24(12-13-27(21)40)41-31(35,36)37/h1-13,15-16,18,38,40H,14,17H2. The van der Waals surface area contributed by atoms with Crippen molar-refractivity contribution < 1.29 is 36.2 Å². The number of alkyl halides is 6. The molecule has 5 aromatic rings. The number of hydrogen-bond acceptors (Lipinski definition) is 4. The summed E-state index contributed by atoms with van der Waals surface area (Å²) < 4.78 is 83.3. The van der Waals surface area contributed by atoms with Crippen LogP contribution in [0.25, 0.3) is 22.0 Å². The van der Waals surface area contributed by atoms with E-state index in [0.717, 1.165) is 35.4 Å². The van der Waals surface area contributed by atoms with Crippen LogP contribution in [0.3, 0.4) is 0 Å². The molecule has 2 N–H and O–H groups in total. The summed E-state index contributed by atoms with van der Waals surface area (Å²) in [5.41, 5.74) is 2.55. The number of pyridine rings is 1. The molecule has 4 nitrogen and oxygen atoms in total. The molecule has 210 valence electrons. The smallest absolute Gasteiger partial charge is 0.508 e. The summed E-state index contributed by atoms with van der Waals surface area (Å²) in [4.78, 5) is 4.22. The van der Waals surface area contributed by atoms with Crippen LogP contribution < -0.4 is 10.1 Å². The molecule has 4 aromatic carbocycles. The summed E-state index contributed by atoms with van der Waals surface area (Å²) in [6.45, 7) is -0.0451. The maximum atomic E-state index is 13.8. The predicted molar refractivity (Wildman–Crippen MR) is 144 cm³/mol. The summed E-state index contributed by atoms with van der Waals surface area (Å²) in [6.07, 6.45) is -7.59. The molecule has 0 radical (unpaired) electrons. The van der Waals surface area contributed by atoms with Crippen molar-refractivity contribution in [1.29, 1.82) is 0 Å². The Bertz CT molecular complexity index is 1680. The van der Waals surface area contributed by atoms with Crippen molar-refractivity contribution in [2.45, 2.75) is 25.5 Å². The zero-order valence-electron chi connectivity index (χ0n) is 21.2. The molecule has 0 saturated heterocycles. The number of nitrogens with zero attached hydrogens (tertiary/aromatic N) is 1. The van der Waals surface area contributed by atoms with Crippen LogP contribution in [0.2, 0.25) is 0 Å². The van der Waals surface area contributed by atoms with Crippen molar-refractivity contribution in [2.24, 2.45) is 0 Å². The number of fused-ring (bicyclic) bond motifs is 1. The van der Waals surface area contributed by atoms with Crippen molar-refractivity contribution >= 4 is 16.6 Å². The average Bonchev–Trinajstić information content (AvgIpc) is 2.92. The monoisotopic (exact) mass is 568 g/mol. The third kappa shape index (κ3) is 6.54. The van der Waals surface area contributed by atoms with Gasteiger partial charge in [0.1, 0.15) is 11.5 Å². The number of ether oxygens (including phenoxy) is 1. The third-order valence-electron chi connectivity index (χ3n) is 6.44. The highest BCUT2D eigenvalue weighted by atomic mass is 19.4. The van der Waals surface area contributed by atoms with Gasteiger partial charge in [0.15, 0.2) is 0 Å². The molecule has 0 atom stereocenters. The Morgan fingerprint density at radius 1 is 0.780 bits per heavy atom. The second kappa shape index (κ2) is 11.0. The molecule has 0 aliphatic carbocycles. The summed E-state index contributed by atoms with van der Waals surface area (Å²) in [6, 6.07) is 23.5. The molecule has 0 aliphatic rings. The van der Waals surface area contributed by atoms with Crippen molar-refractivity contribution in [1.82, 2.24) is 4.98 Å². The Kier molecular flexibility index (Phi) is 7.49. The van der Waals surface area contributed by atoms with Crippen LogP contribution in [0.4, 0.5) is 32.0 Å². The van der Waals surface area contributed by atoms with Gasteiger partial charge in [0.25, 0.3) is 0 Å². The van der Waals surface area contributed by atoms with E-state index in [-0.39, 0.29) is 23.4 Å². The van der Waals surface area contributed by atoms with Crippen LogP contribution in [0.1, 0.15) is 22.3 Å². The number of nitrogens with one attached hydrogen (secondary N) is 1. The molecular weight excluding hydrogens is 546 g/mol. The van der Waals surface area contributed by atoms with Gasteiger partial charge in [-0.2, -0.15) is 13.2 Å². The molecule has 0 saturated carbocycles. The van der Waals surface area contributed by atoms with Gasteiger partial charge in [-0.1, -0.05) is 54.6 Å². The number of anilines is 1. The number of phenols is 1. The number of hydrogen-bond donors (Lipinski definition) is 2. The van der Waals surface area contributed by atoms with Crippen LogP contribution in [-0.2, 0) is 19.1 Å².